The molecule has 3 heteroatoms. The normalized spacial score (nSPS) is 20.1. The Morgan fingerprint density at radius 3 is 3.00 bits per heavy atom. The molecule has 1 aliphatic heterocycles. The number of hydrogen-bond donors (Lipinski definition) is 1. The first kappa shape index (κ1) is 10.0. The summed E-state index contributed by atoms with van der Waals surface area (Å²) in [5, 5.41) is 2.11. The predicted octanol–water partition coefficient (Wildman–Crippen LogP) is 3.38. The standard InChI is InChI=1S/C13H13NOS/c1-3-10(12-6-7-15-14-12)9-11(4-1)13-5-2-8-16-13/h1-5,8-9,12,14H,6-7H2/t12-/m1/s1. The number of nitrogens with one attached hydrogen (secondary N) is 1. The van der Waals surface area contributed by atoms with Gasteiger partial charge in [0.15, 0.2) is 0 Å². The summed E-state index contributed by atoms with van der Waals surface area (Å²) in [5.74, 6) is 0. The van der Waals surface area contributed by atoms with E-state index in [-0.39, 0.29) is 0 Å². The van der Waals surface area contributed by atoms with Crippen LogP contribution in [-0.4, -0.2) is 6.61 Å². The van der Waals surface area contributed by atoms with Crippen LogP contribution in [0.5, 0.6) is 0 Å². The molecule has 1 aromatic heterocycles. The minimum absolute atomic E-state index is 0.347. The van der Waals surface area contributed by atoms with Gasteiger partial charge in [0.25, 0.3) is 0 Å². The average Bonchev–Trinajstić information content (AvgIpc) is 3.03. The van der Waals surface area contributed by atoms with Crippen molar-refractivity contribution >= 4 is 11.3 Å². The molecule has 0 radical (unpaired) electrons. The molecular formula is C13H13NOS. The lowest BCUT2D eigenvalue weighted by Gasteiger charge is -2.09. The number of rotatable bonds is 2. The van der Waals surface area contributed by atoms with Crippen LogP contribution in [0.25, 0.3) is 10.4 Å². The van der Waals surface area contributed by atoms with Crippen LogP contribution >= 0.6 is 11.3 Å². The first-order valence-electron chi connectivity index (χ1n) is 5.44. The molecule has 16 heavy (non-hydrogen) atoms. The van der Waals surface area contributed by atoms with Crippen molar-refractivity contribution in [2.75, 3.05) is 6.61 Å². The average molecular weight is 231 g/mol. The van der Waals surface area contributed by atoms with Crippen LogP contribution < -0.4 is 5.48 Å². The Kier molecular flexibility index (Phi) is 2.74. The Morgan fingerprint density at radius 2 is 2.25 bits per heavy atom. The van der Waals surface area contributed by atoms with E-state index in [1.54, 1.807) is 11.3 Å². The molecule has 0 unspecified atom stereocenters. The maximum absolute atomic E-state index is 5.19. The Morgan fingerprint density at radius 1 is 1.25 bits per heavy atom. The SMILES string of the molecule is c1cc(-c2cccs2)cc([C@H]2CCON2)c1. The van der Waals surface area contributed by atoms with Crippen LogP contribution in [-0.2, 0) is 4.84 Å². The van der Waals surface area contributed by atoms with E-state index < -0.39 is 0 Å². The smallest absolute Gasteiger partial charge is 0.0701 e. The van der Waals surface area contributed by atoms with Gasteiger partial charge in [-0.15, -0.1) is 11.3 Å². The first-order chi connectivity index (χ1) is 7.93. The van der Waals surface area contributed by atoms with Gasteiger partial charge in [-0.1, -0.05) is 24.3 Å². The fourth-order valence-corrected chi connectivity index (χ4v) is 2.71. The maximum atomic E-state index is 5.19. The van der Waals surface area contributed by atoms with Gasteiger partial charge in [0.05, 0.1) is 12.6 Å². The number of hydroxylamine groups is 1. The van der Waals surface area contributed by atoms with E-state index in [1.165, 1.54) is 16.0 Å². The van der Waals surface area contributed by atoms with Crippen LogP contribution in [0, 0.1) is 0 Å². The van der Waals surface area contributed by atoms with E-state index in [9.17, 15) is 0 Å². The highest BCUT2D eigenvalue weighted by atomic mass is 32.1. The molecule has 1 aliphatic rings. The fraction of sp³-hybridized carbons (Fsp3) is 0.231. The van der Waals surface area contributed by atoms with E-state index in [2.05, 4.69) is 47.3 Å². The Bertz CT molecular complexity index is 461. The summed E-state index contributed by atoms with van der Waals surface area (Å²) >= 11 is 1.78. The van der Waals surface area contributed by atoms with Crippen molar-refractivity contribution in [2.45, 2.75) is 12.5 Å². The highest BCUT2D eigenvalue weighted by Gasteiger charge is 2.17. The van der Waals surface area contributed by atoms with Crippen molar-refractivity contribution in [3.05, 3.63) is 47.3 Å². The molecule has 1 N–H and O–H groups in total. The first-order valence-corrected chi connectivity index (χ1v) is 6.32. The van der Waals surface area contributed by atoms with Crippen LogP contribution in [0.4, 0.5) is 0 Å². The number of hydrogen-bond acceptors (Lipinski definition) is 3. The second-order valence-electron chi connectivity index (χ2n) is 3.91. The Balaban J connectivity index is 1.93. The van der Waals surface area contributed by atoms with E-state index in [1.807, 2.05) is 0 Å². The van der Waals surface area contributed by atoms with Crippen LogP contribution in [0.1, 0.15) is 18.0 Å². The molecule has 3 rings (SSSR count). The van der Waals surface area contributed by atoms with E-state index in [4.69, 9.17) is 4.84 Å². The quantitative estimate of drug-likeness (QED) is 0.855. The molecule has 1 saturated heterocycles. The molecule has 2 aromatic rings. The van der Waals surface area contributed by atoms with Gasteiger partial charge < -0.3 is 4.84 Å². The topological polar surface area (TPSA) is 21.3 Å². The summed E-state index contributed by atoms with van der Waals surface area (Å²) in [6.45, 7) is 0.800. The molecule has 0 amide bonds. The third kappa shape index (κ3) is 1.89. The van der Waals surface area contributed by atoms with Gasteiger partial charge >= 0.3 is 0 Å². The fourth-order valence-electron chi connectivity index (χ4n) is 1.98. The number of thiophene rings is 1. The second kappa shape index (κ2) is 4.37. The summed E-state index contributed by atoms with van der Waals surface area (Å²) in [6, 6.07) is 13.3. The van der Waals surface area contributed by atoms with Gasteiger partial charge in [0.1, 0.15) is 0 Å². The number of benzene rings is 1. The van der Waals surface area contributed by atoms with Gasteiger partial charge in [-0.2, -0.15) is 5.48 Å². The summed E-state index contributed by atoms with van der Waals surface area (Å²) < 4.78 is 0. The molecule has 1 fully saturated rings. The highest BCUT2D eigenvalue weighted by molar-refractivity contribution is 7.13. The molecule has 0 saturated carbocycles. The van der Waals surface area contributed by atoms with Crippen LogP contribution in [0.2, 0.25) is 0 Å². The van der Waals surface area contributed by atoms with Gasteiger partial charge in [-0.3, -0.25) is 0 Å². The lowest BCUT2D eigenvalue weighted by Crippen LogP contribution is -2.11. The zero-order chi connectivity index (χ0) is 10.8. The lowest BCUT2D eigenvalue weighted by atomic mass is 10.0. The summed E-state index contributed by atoms with van der Waals surface area (Å²) in [4.78, 5) is 6.51. The third-order valence-electron chi connectivity index (χ3n) is 2.83. The Labute approximate surface area is 98.8 Å². The molecule has 82 valence electrons. The zero-order valence-corrected chi connectivity index (χ0v) is 9.67. The molecule has 1 aromatic carbocycles. The van der Waals surface area contributed by atoms with E-state index in [0.717, 1.165) is 13.0 Å². The van der Waals surface area contributed by atoms with E-state index >= 15 is 0 Å². The van der Waals surface area contributed by atoms with Gasteiger partial charge in [0, 0.05) is 4.88 Å². The van der Waals surface area contributed by atoms with Gasteiger partial charge in [-0.25, -0.2) is 0 Å². The zero-order valence-electron chi connectivity index (χ0n) is 8.85. The summed E-state index contributed by atoms with van der Waals surface area (Å²) in [5.41, 5.74) is 5.65. The molecular weight excluding hydrogens is 218 g/mol. The third-order valence-corrected chi connectivity index (χ3v) is 3.75. The minimum Gasteiger partial charge on any atom is -0.301 e. The van der Waals surface area contributed by atoms with Gasteiger partial charge in [0.2, 0.25) is 0 Å². The summed E-state index contributed by atoms with van der Waals surface area (Å²) in [7, 11) is 0. The molecule has 2 nitrogen and oxygen atoms in total. The maximum Gasteiger partial charge on any atom is 0.0701 e. The lowest BCUT2D eigenvalue weighted by molar-refractivity contribution is 0.0883. The van der Waals surface area contributed by atoms with Crippen molar-refractivity contribution in [1.82, 2.24) is 5.48 Å². The van der Waals surface area contributed by atoms with Crippen molar-refractivity contribution in [3.8, 4) is 10.4 Å². The van der Waals surface area contributed by atoms with Crippen molar-refractivity contribution in [2.24, 2.45) is 0 Å². The van der Waals surface area contributed by atoms with Crippen molar-refractivity contribution < 1.29 is 4.84 Å². The largest absolute Gasteiger partial charge is 0.301 e. The van der Waals surface area contributed by atoms with Gasteiger partial charge in [-0.05, 0) is 35.1 Å². The minimum atomic E-state index is 0.347. The Hall–Kier alpha value is -1.16. The molecule has 2 heterocycles. The second-order valence-corrected chi connectivity index (χ2v) is 4.86. The summed E-state index contributed by atoms with van der Waals surface area (Å²) in [6.07, 6.45) is 1.05. The monoisotopic (exact) mass is 231 g/mol. The van der Waals surface area contributed by atoms with Crippen molar-refractivity contribution in [1.29, 1.82) is 0 Å². The highest BCUT2D eigenvalue weighted by Crippen LogP contribution is 2.28. The van der Waals surface area contributed by atoms with Crippen LogP contribution in [0.3, 0.4) is 0 Å². The molecule has 0 aliphatic carbocycles. The van der Waals surface area contributed by atoms with Crippen LogP contribution in [0.15, 0.2) is 41.8 Å². The van der Waals surface area contributed by atoms with Crippen molar-refractivity contribution in [3.63, 3.8) is 0 Å². The predicted molar refractivity (Wildman–Crippen MR) is 66.2 cm³/mol. The molecule has 0 bridgehead atoms. The van der Waals surface area contributed by atoms with E-state index in [0.29, 0.717) is 6.04 Å². The molecule has 0 spiro atoms. The molecule has 1 atom stereocenters.